The van der Waals surface area contributed by atoms with Crippen LogP contribution in [-0.2, 0) is 0 Å². The molecule has 4 heterocycles. The first-order valence-electron chi connectivity index (χ1n) is 9.03. The molecule has 0 radical (unpaired) electrons. The quantitative estimate of drug-likeness (QED) is 0.132. The topological polar surface area (TPSA) is 285 Å². The summed E-state index contributed by atoms with van der Waals surface area (Å²) in [6.07, 6.45) is 5.15. The smallest absolute Gasteiger partial charge is 0.325 e. The van der Waals surface area contributed by atoms with Gasteiger partial charge in [0.1, 0.15) is 0 Å². The van der Waals surface area contributed by atoms with Crippen LogP contribution in [0.15, 0.2) is 71.9 Å². The van der Waals surface area contributed by atoms with Gasteiger partial charge in [0.25, 0.3) is 16.7 Å². The SMILES string of the molecule is NC(=O)c1cccnc1.O.O=c1[nH]cc(F)c(=O)[nH]1.O=c1[nH]cc(F)c(=O)[nH]1.O=c1[nH]cc(F)c(=O)[nH]1. The standard InChI is InChI=1S/C6H6N2O.3C4H3FN2O2.H2O/c7-6(9)5-2-1-3-8-4-5;3*5-2-1-6-4(9)7-3(2)8;/h1-4H,(H2,7,9);3*1H,(H2,6,7,8,9);1H2. The molecule has 16 nitrogen and oxygen atoms in total. The normalized spacial score (nSPS) is 9.05. The molecule has 1 amide bonds. The monoisotopic (exact) mass is 530 g/mol. The van der Waals surface area contributed by atoms with E-state index in [2.05, 4.69) is 4.98 Å². The van der Waals surface area contributed by atoms with Crippen molar-refractivity contribution < 1.29 is 23.4 Å². The zero-order chi connectivity index (χ0) is 27.3. The summed E-state index contributed by atoms with van der Waals surface area (Å²) in [6.45, 7) is 0. The number of hydrogen-bond acceptors (Lipinski definition) is 8. The molecule has 4 aromatic heterocycles. The first-order valence-corrected chi connectivity index (χ1v) is 9.03. The van der Waals surface area contributed by atoms with Gasteiger partial charge in [0.2, 0.25) is 23.4 Å². The Hall–Kier alpha value is -5.59. The molecular weight excluding hydrogens is 513 g/mol. The lowest BCUT2D eigenvalue weighted by molar-refractivity contribution is 0.1000. The number of aromatic amines is 6. The van der Waals surface area contributed by atoms with Gasteiger partial charge in [-0.3, -0.25) is 39.1 Å². The molecule has 198 valence electrons. The Bertz CT molecular complexity index is 1480. The van der Waals surface area contributed by atoms with E-state index in [1.165, 1.54) is 6.20 Å². The number of primary amides is 1. The number of halogens is 3. The van der Waals surface area contributed by atoms with Crippen LogP contribution in [0.2, 0.25) is 0 Å². The number of rotatable bonds is 1. The molecule has 10 N–H and O–H groups in total. The Labute approximate surface area is 199 Å². The first kappa shape index (κ1) is 31.4. The Morgan fingerprint density at radius 3 is 1.24 bits per heavy atom. The highest BCUT2D eigenvalue weighted by Crippen LogP contribution is 1.91. The number of nitrogens with two attached hydrogens (primary N) is 1. The van der Waals surface area contributed by atoms with E-state index in [1.54, 1.807) is 33.3 Å². The van der Waals surface area contributed by atoms with Crippen molar-refractivity contribution in [2.45, 2.75) is 0 Å². The predicted octanol–water partition coefficient (Wildman–Crippen LogP) is -3.04. The van der Waals surface area contributed by atoms with Gasteiger partial charge < -0.3 is 26.2 Å². The van der Waals surface area contributed by atoms with Crippen LogP contribution in [0.4, 0.5) is 13.2 Å². The van der Waals surface area contributed by atoms with Gasteiger partial charge in [-0.25, -0.2) is 14.4 Å². The number of aromatic nitrogens is 7. The van der Waals surface area contributed by atoms with Gasteiger partial charge in [-0.1, -0.05) is 0 Å². The number of H-pyrrole nitrogens is 6. The Morgan fingerprint density at radius 1 is 0.703 bits per heavy atom. The third-order valence-electron chi connectivity index (χ3n) is 3.27. The summed E-state index contributed by atoms with van der Waals surface area (Å²) in [6, 6.07) is 3.29. The summed E-state index contributed by atoms with van der Waals surface area (Å²) in [5.41, 5.74) is 0.252. The molecule has 0 saturated carbocycles. The summed E-state index contributed by atoms with van der Waals surface area (Å²) in [4.78, 5) is 86.1. The number of carbonyl (C=O) groups is 1. The molecule has 0 aliphatic heterocycles. The van der Waals surface area contributed by atoms with Gasteiger partial charge >= 0.3 is 17.1 Å². The van der Waals surface area contributed by atoms with Crippen LogP contribution in [0.3, 0.4) is 0 Å². The summed E-state index contributed by atoms with van der Waals surface area (Å²) in [7, 11) is 0. The molecule has 0 bridgehead atoms. The fourth-order valence-electron chi connectivity index (χ4n) is 1.69. The van der Waals surface area contributed by atoms with Gasteiger partial charge in [0, 0.05) is 31.0 Å². The average Bonchev–Trinajstić information content (AvgIpc) is 2.83. The average molecular weight is 530 g/mol. The predicted molar refractivity (Wildman–Crippen MR) is 119 cm³/mol. The van der Waals surface area contributed by atoms with E-state index in [0.29, 0.717) is 24.2 Å². The van der Waals surface area contributed by atoms with Gasteiger partial charge in [-0.05, 0) is 12.1 Å². The molecule has 0 spiro atoms. The molecule has 37 heavy (non-hydrogen) atoms. The maximum Gasteiger partial charge on any atom is 0.325 e. The molecule has 0 aliphatic rings. The van der Waals surface area contributed by atoms with Crippen LogP contribution < -0.4 is 39.5 Å². The molecule has 0 fully saturated rings. The number of amides is 1. The number of nitrogens with zero attached hydrogens (tertiary/aromatic N) is 1. The van der Waals surface area contributed by atoms with E-state index in [-0.39, 0.29) is 5.48 Å². The largest absolute Gasteiger partial charge is 0.412 e. The maximum atomic E-state index is 12.0. The zero-order valence-electron chi connectivity index (χ0n) is 18.1. The fraction of sp³-hybridized carbons (Fsp3) is 0. The van der Waals surface area contributed by atoms with E-state index < -0.39 is 57.1 Å². The van der Waals surface area contributed by atoms with Crippen molar-refractivity contribution in [2.24, 2.45) is 5.73 Å². The van der Waals surface area contributed by atoms with Gasteiger partial charge in [-0.15, -0.1) is 0 Å². The lowest BCUT2D eigenvalue weighted by Crippen LogP contribution is -2.23. The highest BCUT2D eigenvalue weighted by molar-refractivity contribution is 5.92. The van der Waals surface area contributed by atoms with Crippen LogP contribution in [-0.4, -0.2) is 46.3 Å². The Kier molecular flexibility index (Phi) is 13.0. The van der Waals surface area contributed by atoms with Gasteiger partial charge in [-0.2, -0.15) is 13.2 Å². The number of hydrogen-bond donors (Lipinski definition) is 7. The van der Waals surface area contributed by atoms with Crippen molar-refractivity contribution in [2.75, 3.05) is 0 Å². The van der Waals surface area contributed by atoms with Crippen molar-refractivity contribution in [1.82, 2.24) is 34.9 Å². The van der Waals surface area contributed by atoms with E-state index in [1.807, 2.05) is 15.0 Å². The van der Waals surface area contributed by atoms with Crippen molar-refractivity contribution in [1.29, 1.82) is 0 Å². The molecule has 4 rings (SSSR count). The summed E-state index contributed by atoms with van der Waals surface area (Å²) in [5.74, 6) is -3.41. The third-order valence-corrected chi connectivity index (χ3v) is 3.27. The van der Waals surface area contributed by atoms with Gasteiger partial charge in [0.05, 0.1) is 5.56 Å². The Balaban J connectivity index is 0.000000463. The molecule has 0 saturated heterocycles. The second kappa shape index (κ2) is 15.3. The lowest BCUT2D eigenvalue weighted by atomic mass is 10.3. The fourth-order valence-corrected chi connectivity index (χ4v) is 1.69. The minimum atomic E-state index is -1.00. The van der Waals surface area contributed by atoms with Crippen molar-refractivity contribution in [3.8, 4) is 0 Å². The molecule has 0 aromatic carbocycles. The van der Waals surface area contributed by atoms with Crippen LogP contribution >= 0.6 is 0 Å². The van der Waals surface area contributed by atoms with E-state index >= 15 is 0 Å². The van der Waals surface area contributed by atoms with Crippen molar-refractivity contribution in [3.63, 3.8) is 0 Å². The Morgan fingerprint density at radius 2 is 1.05 bits per heavy atom. The molecule has 19 heteroatoms. The second-order valence-corrected chi connectivity index (χ2v) is 5.87. The molecule has 0 aliphatic carbocycles. The maximum absolute atomic E-state index is 12.0. The zero-order valence-corrected chi connectivity index (χ0v) is 18.1. The van der Waals surface area contributed by atoms with E-state index in [0.717, 1.165) is 0 Å². The molecule has 0 unspecified atom stereocenters. The minimum absolute atomic E-state index is 0. The second-order valence-electron chi connectivity index (χ2n) is 5.87. The molecular formula is C18H17F3N8O8. The highest BCUT2D eigenvalue weighted by atomic mass is 19.1. The van der Waals surface area contributed by atoms with E-state index in [4.69, 9.17) is 5.73 Å². The number of nitrogens with one attached hydrogen (secondary N) is 6. The van der Waals surface area contributed by atoms with Crippen LogP contribution in [0.5, 0.6) is 0 Å². The lowest BCUT2D eigenvalue weighted by Gasteiger charge is -1.88. The molecule has 4 aromatic rings. The summed E-state index contributed by atoms with van der Waals surface area (Å²) in [5, 5.41) is 0. The van der Waals surface area contributed by atoms with Crippen molar-refractivity contribution >= 4 is 5.91 Å². The number of pyridine rings is 1. The van der Waals surface area contributed by atoms with E-state index in [9.17, 15) is 46.7 Å². The highest BCUT2D eigenvalue weighted by Gasteiger charge is 1.96. The minimum Gasteiger partial charge on any atom is -0.412 e. The van der Waals surface area contributed by atoms with Gasteiger partial charge in [0.15, 0.2) is 0 Å². The van der Waals surface area contributed by atoms with Crippen LogP contribution in [0.25, 0.3) is 0 Å². The third kappa shape index (κ3) is 11.9. The summed E-state index contributed by atoms with van der Waals surface area (Å²) >= 11 is 0. The number of carbonyl (C=O) groups excluding carboxylic acids is 1. The van der Waals surface area contributed by atoms with Crippen LogP contribution in [0.1, 0.15) is 10.4 Å². The first-order chi connectivity index (χ1) is 16.9. The van der Waals surface area contributed by atoms with Crippen molar-refractivity contribution in [3.05, 3.63) is 129 Å². The summed E-state index contributed by atoms with van der Waals surface area (Å²) < 4.78 is 36.0. The van der Waals surface area contributed by atoms with Crippen LogP contribution in [0, 0.1) is 17.5 Å². The molecule has 0 atom stereocenters.